The zero-order chi connectivity index (χ0) is 11.4. The maximum Gasteiger partial charge on any atom is 0.298 e. The van der Waals surface area contributed by atoms with Crippen molar-refractivity contribution >= 4 is 5.91 Å². The third-order valence-electron chi connectivity index (χ3n) is 2.59. The maximum atomic E-state index is 11.0. The standard InChI is InChI=1S/C13H13NO2/c1-2-13(15)14-8-12(9-14)16-10-11-6-4-3-5-7-11/h1,3-7,12H,8-10H2. The Morgan fingerprint density at radius 3 is 2.75 bits per heavy atom. The molecule has 1 aliphatic heterocycles. The fraction of sp³-hybridized carbons (Fsp3) is 0.308. The Balaban J connectivity index is 1.71. The van der Waals surface area contributed by atoms with Gasteiger partial charge in [-0.1, -0.05) is 30.3 Å². The zero-order valence-corrected chi connectivity index (χ0v) is 8.93. The molecule has 1 fully saturated rings. The molecule has 0 atom stereocenters. The van der Waals surface area contributed by atoms with Gasteiger partial charge in [-0.15, -0.1) is 6.42 Å². The van der Waals surface area contributed by atoms with Crippen LogP contribution in [0.2, 0.25) is 0 Å². The monoisotopic (exact) mass is 215 g/mol. The van der Waals surface area contributed by atoms with Crippen LogP contribution in [0.15, 0.2) is 30.3 Å². The molecule has 0 aliphatic carbocycles. The predicted octanol–water partition coefficient (Wildman–Crippen LogP) is 1.05. The van der Waals surface area contributed by atoms with Gasteiger partial charge in [0.15, 0.2) is 0 Å². The van der Waals surface area contributed by atoms with Crippen LogP contribution in [0, 0.1) is 12.3 Å². The molecule has 3 nitrogen and oxygen atoms in total. The average Bonchev–Trinajstić information content (AvgIpc) is 2.28. The molecule has 1 amide bonds. The minimum atomic E-state index is -0.250. The predicted molar refractivity (Wildman–Crippen MR) is 60.4 cm³/mol. The van der Waals surface area contributed by atoms with E-state index in [4.69, 9.17) is 11.2 Å². The highest BCUT2D eigenvalue weighted by Crippen LogP contribution is 2.13. The first-order chi connectivity index (χ1) is 7.79. The molecular formula is C13H13NO2. The Morgan fingerprint density at radius 1 is 1.44 bits per heavy atom. The number of hydrogen-bond acceptors (Lipinski definition) is 2. The van der Waals surface area contributed by atoms with E-state index in [-0.39, 0.29) is 12.0 Å². The van der Waals surface area contributed by atoms with Crippen LogP contribution < -0.4 is 0 Å². The lowest BCUT2D eigenvalue weighted by Gasteiger charge is -2.37. The minimum Gasteiger partial charge on any atom is -0.370 e. The number of rotatable bonds is 3. The van der Waals surface area contributed by atoms with Crippen molar-refractivity contribution in [2.45, 2.75) is 12.7 Å². The molecule has 82 valence electrons. The molecule has 0 N–H and O–H groups in total. The number of benzene rings is 1. The molecule has 0 saturated carbocycles. The topological polar surface area (TPSA) is 29.5 Å². The van der Waals surface area contributed by atoms with Crippen LogP contribution in [0.5, 0.6) is 0 Å². The van der Waals surface area contributed by atoms with Gasteiger partial charge >= 0.3 is 0 Å². The summed E-state index contributed by atoms with van der Waals surface area (Å²) in [4.78, 5) is 12.7. The van der Waals surface area contributed by atoms with Gasteiger partial charge < -0.3 is 9.64 Å². The van der Waals surface area contributed by atoms with E-state index >= 15 is 0 Å². The van der Waals surface area contributed by atoms with E-state index in [0.717, 1.165) is 5.56 Å². The zero-order valence-electron chi connectivity index (χ0n) is 8.93. The highest BCUT2D eigenvalue weighted by atomic mass is 16.5. The van der Waals surface area contributed by atoms with Gasteiger partial charge in [0.05, 0.1) is 12.7 Å². The van der Waals surface area contributed by atoms with Crippen molar-refractivity contribution < 1.29 is 9.53 Å². The molecule has 16 heavy (non-hydrogen) atoms. The van der Waals surface area contributed by atoms with Crippen LogP contribution in [0.1, 0.15) is 5.56 Å². The summed E-state index contributed by atoms with van der Waals surface area (Å²) in [6, 6.07) is 9.97. The Bertz CT molecular complexity index is 402. The van der Waals surface area contributed by atoms with E-state index in [9.17, 15) is 4.79 Å². The Kier molecular flexibility index (Phi) is 3.23. The molecule has 1 saturated heterocycles. The van der Waals surface area contributed by atoms with E-state index in [0.29, 0.717) is 19.7 Å². The molecule has 1 aliphatic rings. The molecule has 1 heterocycles. The molecule has 0 unspecified atom stereocenters. The summed E-state index contributed by atoms with van der Waals surface area (Å²) in [5, 5.41) is 0. The van der Waals surface area contributed by atoms with Crippen molar-refractivity contribution in [3.05, 3.63) is 35.9 Å². The van der Waals surface area contributed by atoms with Crippen LogP contribution in [0.25, 0.3) is 0 Å². The first kappa shape index (κ1) is 10.7. The minimum absolute atomic E-state index is 0.123. The molecule has 1 aromatic carbocycles. The van der Waals surface area contributed by atoms with E-state index in [1.54, 1.807) is 4.90 Å². The van der Waals surface area contributed by atoms with Gasteiger partial charge in [-0.25, -0.2) is 0 Å². The van der Waals surface area contributed by atoms with E-state index in [1.165, 1.54) is 0 Å². The second kappa shape index (κ2) is 4.82. The SMILES string of the molecule is C#CC(=O)N1CC(OCc2ccccc2)C1. The molecule has 0 aromatic heterocycles. The Labute approximate surface area is 95.0 Å². The highest BCUT2D eigenvalue weighted by Gasteiger charge is 2.30. The number of terminal acetylenes is 1. The normalized spacial score (nSPS) is 15.3. The van der Waals surface area contributed by atoms with Crippen LogP contribution in [0.4, 0.5) is 0 Å². The third kappa shape index (κ3) is 2.41. The smallest absolute Gasteiger partial charge is 0.298 e. The lowest BCUT2D eigenvalue weighted by molar-refractivity contribution is -0.139. The molecule has 1 aromatic rings. The van der Waals surface area contributed by atoms with Crippen LogP contribution in [-0.2, 0) is 16.1 Å². The number of ether oxygens (including phenoxy) is 1. The second-order valence-corrected chi connectivity index (χ2v) is 3.77. The van der Waals surface area contributed by atoms with Crippen molar-refractivity contribution in [3.63, 3.8) is 0 Å². The van der Waals surface area contributed by atoms with E-state index in [1.807, 2.05) is 30.3 Å². The van der Waals surface area contributed by atoms with Crippen LogP contribution >= 0.6 is 0 Å². The van der Waals surface area contributed by atoms with Gasteiger partial charge in [0.25, 0.3) is 5.91 Å². The lowest BCUT2D eigenvalue weighted by atomic mass is 10.1. The summed E-state index contributed by atoms with van der Waals surface area (Å²) in [6.07, 6.45) is 5.13. The number of nitrogens with zero attached hydrogens (tertiary/aromatic N) is 1. The number of carbonyl (C=O) groups excluding carboxylic acids is 1. The number of amides is 1. The molecule has 3 heteroatoms. The summed E-state index contributed by atoms with van der Waals surface area (Å²) in [6.45, 7) is 1.80. The fourth-order valence-electron chi connectivity index (χ4n) is 1.59. The van der Waals surface area contributed by atoms with Crippen molar-refractivity contribution in [2.24, 2.45) is 0 Å². The quantitative estimate of drug-likeness (QED) is 0.705. The Morgan fingerprint density at radius 2 is 2.12 bits per heavy atom. The number of likely N-dealkylation sites (tertiary alicyclic amines) is 1. The van der Waals surface area contributed by atoms with E-state index in [2.05, 4.69) is 5.92 Å². The summed E-state index contributed by atoms with van der Waals surface area (Å²) < 4.78 is 5.63. The van der Waals surface area contributed by atoms with Crippen molar-refractivity contribution in [1.29, 1.82) is 0 Å². The molecule has 2 rings (SSSR count). The van der Waals surface area contributed by atoms with E-state index < -0.39 is 0 Å². The Hall–Kier alpha value is -1.79. The number of carbonyl (C=O) groups is 1. The number of hydrogen-bond donors (Lipinski definition) is 0. The van der Waals surface area contributed by atoms with Crippen molar-refractivity contribution in [1.82, 2.24) is 4.90 Å². The van der Waals surface area contributed by atoms with Crippen LogP contribution in [0.3, 0.4) is 0 Å². The van der Waals surface area contributed by atoms with Gasteiger partial charge in [0.1, 0.15) is 0 Å². The summed E-state index contributed by atoms with van der Waals surface area (Å²) >= 11 is 0. The van der Waals surface area contributed by atoms with Gasteiger partial charge in [-0.3, -0.25) is 4.79 Å². The van der Waals surface area contributed by atoms with Gasteiger partial charge in [-0.05, 0) is 11.5 Å². The first-order valence-corrected chi connectivity index (χ1v) is 5.20. The highest BCUT2D eigenvalue weighted by molar-refractivity contribution is 5.93. The van der Waals surface area contributed by atoms with Crippen LogP contribution in [-0.4, -0.2) is 30.0 Å². The van der Waals surface area contributed by atoms with Crippen molar-refractivity contribution in [2.75, 3.05) is 13.1 Å². The average molecular weight is 215 g/mol. The molecule has 0 bridgehead atoms. The fourth-order valence-corrected chi connectivity index (χ4v) is 1.59. The largest absolute Gasteiger partial charge is 0.370 e. The third-order valence-corrected chi connectivity index (χ3v) is 2.59. The summed E-state index contributed by atoms with van der Waals surface area (Å²) in [5.74, 6) is 1.84. The first-order valence-electron chi connectivity index (χ1n) is 5.20. The second-order valence-electron chi connectivity index (χ2n) is 3.77. The molecular weight excluding hydrogens is 202 g/mol. The summed E-state index contributed by atoms with van der Waals surface area (Å²) in [5.41, 5.74) is 1.14. The maximum absolute atomic E-state index is 11.0. The summed E-state index contributed by atoms with van der Waals surface area (Å²) in [7, 11) is 0. The molecule has 0 spiro atoms. The molecule has 0 radical (unpaired) electrons. The van der Waals surface area contributed by atoms with Gasteiger partial charge in [-0.2, -0.15) is 0 Å². The van der Waals surface area contributed by atoms with Gasteiger partial charge in [0, 0.05) is 13.1 Å². The lowest BCUT2D eigenvalue weighted by Crippen LogP contribution is -2.54. The van der Waals surface area contributed by atoms with Gasteiger partial charge in [0.2, 0.25) is 0 Å². The van der Waals surface area contributed by atoms with Crippen molar-refractivity contribution in [3.8, 4) is 12.3 Å².